The van der Waals surface area contributed by atoms with E-state index in [1.165, 1.54) is 16.7 Å². The maximum absolute atomic E-state index is 12.2. The van der Waals surface area contributed by atoms with Crippen molar-refractivity contribution in [3.63, 3.8) is 0 Å². The van der Waals surface area contributed by atoms with Crippen molar-refractivity contribution in [1.29, 1.82) is 0 Å². The summed E-state index contributed by atoms with van der Waals surface area (Å²) in [6.07, 6.45) is 1.95. The first-order valence-corrected chi connectivity index (χ1v) is 8.41. The van der Waals surface area contributed by atoms with Gasteiger partial charge in [0.05, 0.1) is 0 Å². The van der Waals surface area contributed by atoms with Crippen molar-refractivity contribution in [3.05, 3.63) is 70.3 Å². The normalized spacial score (nSPS) is 10.8. The lowest BCUT2D eigenvalue weighted by atomic mass is 10.0. The Morgan fingerprint density at radius 2 is 1.74 bits per heavy atom. The molecule has 0 aliphatic heterocycles. The second-order valence-electron chi connectivity index (χ2n) is 6.57. The monoisotopic (exact) mass is 309 g/mol. The number of carbonyl (C=O) groups excluding carboxylic acids is 1. The van der Waals surface area contributed by atoms with Crippen LogP contribution < -0.4 is 5.32 Å². The van der Waals surface area contributed by atoms with Gasteiger partial charge in [-0.2, -0.15) is 0 Å². The van der Waals surface area contributed by atoms with Crippen LogP contribution >= 0.6 is 0 Å². The van der Waals surface area contributed by atoms with Gasteiger partial charge >= 0.3 is 0 Å². The molecule has 0 bridgehead atoms. The molecule has 2 nitrogen and oxygen atoms in total. The molecule has 0 fully saturated rings. The summed E-state index contributed by atoms with van der Waals surface area (Å²) >= 11 is 0. The lowest BCUT2D eigenvalue weighted by molar-refractivity contribution is 0.0952. The van der Waals surface area contributed by atoms with E-state index in [0.29, 0.717) is 12.5 Å². The van der Waals surface area contributed by atoms with Crippen LogP contribution in [0.5, 0.6) is 0 Å². The van der Waals surface area contributed by atoms with Gasteiger partial charge in [0.2, 0.25) is 0 Å². The highest BCUT2D eigenvalue weighted by molar-refractivity contribution is 5.95. The van der Waals surface area contributed by atoms with E-state index in [4.69, 9.17) is 0 Å². The lowest BCUT2D eigenvalue weighted by Crippen LogP contribution is -2.25. The third-order valence-electron chi connectivity index (χ3n) is 4.20. The van der Waals surface area contributed by atoms with Crippen molar-refractivity contribution in [3.8, 4) is 0 Å². The van der Waals surface area contributed by atoms with E-state index in [1.54, 1.807) is 0 Å². The van der Waals surface area contributed by atoms with E-state index >= 15 is 0 Å². The Hall–Kier alpha value is -2.09. The Labute approximate surface area is 139 Å². The summed E-state index contributed by atoms with van der Waals surface area (Å²) in [4.78, 5) is 12.2. The number of carbonyl (C=O) groups is 1. The van der Waals surface area contributed by atoms with Gasteiger partial charge in [0.25, 0.3) is 5.91 Å². The third-order valence-corrected chi connectivity index (χ3v) is 4.20. The van der Waals surface area contributed by atoms with Gasteiger partial charge in [-0.3, -0.25) is 4.79 Å². The molecule has 0 aliphatic carbocycles. The minimum atomic E-state index is 0.0256. The summed E-state index contributed by atoms with van der Waals surface area (Å²) in [6.45, 7) is 9.14. The van der Waals surface area contributed by atoms with E-state index in [-0.39, 0.29) is 5.91 Å². The van der Waals surface area contributed by atoms with Crippen molar-refractivity contribution in [2.75, 3.05) is 6.54 Å². The molecule has 0 aliphatic rings. The molecule has 0 radical (unpaired) electrons. The lowest BCUT2D eigenvalue weighted by Gasteiger charge is -2.09. The Morgan fingerprint density at radius 3 is 2.35 bits per heavy atom. The topological polar surface area (TPSA) is 29.1 Å². The molecule has 0 saturated carbocycles. The molecule has 1 N–H and O–H groups in total. The van der Waals surface area contributed by atoms with Gasteiger partial charge in [0, 0.05) is 12.1 Å². The SMILES string of the molecule is Cc1ccc(C(=O)NCCCc2ccc(C(C)C)cc2)c(C)c1. The molecule has 122 valence electrons. The van der Waals surface area contributed by atoms with Crippen LogP contribution in [0, 0.1) is 13.8 Å². The number of hydrogen-bond acceptors (Lipinski definition) is 1. The van der Waals surface area contributed by atoms with Crippen molar-refractivity contribution in [1.82, 2.24) is 5.32 Å². The number of aryl methyl sites for hydroxylation is 3. The van der Waals surface area contributed by atoms with Crippen LogP contribution in [0.25, 0.3) is 0 Å². The largest absolute Gasteiger partial charge is 0.352 e. The third kappa shape index (κ3) is 4.95. The maximum Gasteiger partial charge on any atom is 0.251 e. The Kier molecular flexibility index (Phi) is 5.97. The van der Waals surface area contributed by atoms with E-state index in [9.17, 15) is 4.79 Å². The summed E-state index contributed by atoms with van der Waals surface area (Å²) in [7, 11) is 0. The highest BCUT2D eigenvalue weighted by Crippen LogP contribution is 2.15. The molecule has 2 heteroatoms. The summed E-state index contributed by atoms with van der Waals surface area (Å²) in [5.41, 5.74) is 5.69. The van der Waals surface area contributed by atoms with Crippen molar-refractivity contribution >= 4 is 5.91 Å². The number of amides is 1. The van der Waals surface area contributed by atoms with Gasteiger partial charge in [0.1, 0.15) is 0 Å². The zero-order valence-electron chi connectivity index (χ0n) is 14.6. The van der Waals surface area contributed by atoms with Gasteiger partial charge in [-0.15, -0.1) is 0 Å². The highest BCUT2D eigenvalue weighted by Gasteiger charge is 2.08. The second kappa shape index (κ2) is 7.96. The van der Waals surface area contributed by atoms with Gasteiger partial charge in [0.15, 0.2) is 0 Å². The van der Waals surface area contributed by atoms with Gasteiger partial charge in [-0.1, -0.05) is 55.8 Å². The first-order valence-electron chi connectivity index (χ1n) is 8.41. The van der Waals surface area contributed by atoms with Crippen LogP contribution in [-0.4, -0.2) is 12.5 Å². The number of benzene rings is 2. The van der Waals surface area contributed by atoms with Gasteiger partial charge in [-0.05, 0) is 55.4 Å². The molecule has 0 spiro atoms. The fourth-order valence-electron chi connectivity index (χ4n) is 2.73. The summed E-state index contributed by atoms with van der Waals surface area (Å²) in [5.74, 6) is 0.596. The van der Waals surface area contributed by atoms with E-state index in [0.717, 1.165) is 24.0 Å². The minimum Gasteiger partial charge on any atom is -0.352 e. The molecule has 0 saturated heterocycles. The van der Waals surface area contributed by atoms with Crippen LogP contribution in [-0.2, 0) is 6.42 Å². The average Bonchev–Trinajstić information content (AvgIpc) is 2.51. The van der Waals surface area contributed by atoms with Gasteiger partial charge in [-0.25, -0.2) is 0 Å². The first-order chi connectivity index (χ1) is 11.0. The van der Waals surface area contributed by atoms with E-state index in [1.807, 2.05) is 32.0 Å². The molecule has 2 aromatic carbocycles. The molecule has 2 rings (SSSR count). The van der Waals surface area contributed by atoms with Crippen LogP contribution in [0.1, 0.15) is 58.8 Å². The fraction of sp³-hybridized carbons (Fsp3) is 0.381. The van der Waals surface area contributed by atoms with Crippen LogP contribution in [0.15, 0.2) is 42.5 Å². The quantitative estimate of drug-likeness (QED) is 0.764. The number of nitrogens with one attached hydrogen (secondary N) is 1. The molecule has 0 unspecified atom stereocenters. The summed E-state index contributed by atoms with van der Waals surface area (Å²) in [6, 6.07) is 14.7. The minimum absolute atomic E-state index is 0.0256. The van der Waals surface area contributed by atoms with Crippen LogP contribution in [0.2, 0.25) is 0 Å². The van der Waals surface area contributed by atoms with Gasteiger partial charge < -0.3 is 5.32 Å². The second-order valence-corrected chi connectivity index (χ2v) is 6.57. The zero-order valence-corrected chi connectivity index (χ0v) is 14.6. The zero-order chi connectivity index (χ0) is 16.8. The molecule has 0 aromatic heterocycles. The van der Waals surface area contributed by atoms with E-state index in [2.05, 4.69) is 43.4 Å². The molecule has 2 aromatic rings. The van der Waals surface area contributed by atoms with Crippen LogP contribution in [0.3, 0.4) is 0 Å². The molecular weight excluding hydrogens is 282 g/mol. The summed E-state index contributed by atoms with van der Waals surface area (Å²) in [5, 5.41) is 3.02. The number of hydrogen-bond donors (Lipinski definition) is 1. The highest BCUT2D eigenvalue weighted by atomic mass is 16.1. The smallest absolute Gasteiger partial charge is 0.251 e. The molecular formula is C21H27NO. The predicted molar refractivity (Wildman–Crippen MR) is 97.1 cm³/mol. The molecule has 23 heavy (non-hydrogen) atoms. The Balaban J connectivity index is 1.79. The Bertz CT molecular complexity index is 656. The maximum atomic E-state index is 12.2. The standard InChI is InChI=1S/C21H27NO/c1-15(2)19-10-8-18(9-11-19)6-5-13-22-21(23)20-12-7-16(3)14-17(20)4/h7-12,14-15H,5-6,13H2,1-4H3,(H,22,23). The van der Waals surface area contributed by atoms with Crippen LogP contribution in [0.4, 0.5) is 0 Å². The van der Waals surface area contributed by atoms with Crippen molar-refractivity contribution in [2.45, 2.75) is 46.5 Å². The fourth-order valence-corrected chi connectivity index (χ4v) is 2.73. The van der Waals surface area contributed by atoms with Crippen molar-refractivity contribution < 1.29 is 4.79 Å². The number of rotatable bonds is 6. The predicted octanol–water partition coefficient (Wildman–Crippen LogP) is 4.79. The molecule has 0 atom stereocenters. The average molecular weight is 309 g/mol. The van der Waals surface area contributed by atoms with E-state index < -0.39 is 0 Å². The molecule has 1 amide bonds. The Morgan fingerprint density at radius 1 is 1.04 bits per heavy atom. The first kappa shape index (κ1) is 17.3. The molecule has 0 heterocycles. The van der Waals surface area contributed by atoms with Crippen molar-refractivity contribution in [2.24, 2.45) is 0 Å². The summed E-state index contributed by atoms with van der Waals surface area (Å²) < 4.78 is 0.